The van der Waals surface area contributed by atoms with Crippen LogP contribution in [0.4, 0.5) is 0 Å². The van der Waals surface area contributed by atoms with Crippen molar-refractivity contribution in [3.05, 3.63) is 78.5 Å². The Morgan fingerprint density at radius 1 is 0.800 bits per heavy atom. The van der Waals surface area contributed by atoms with Gasteiger partial charge in [0.2, 0.25) is 0 Å². The molecular formula is C25H21N3O2. The Bertz CT molecular complexity index is 1360. The third kappa shape index (κ3) is 2.87. The molecule has 0 fully saturated rings. The summed E-state index contributed by atoms with van der Waals surface area (Å²) in [5.74, 6) is 1.62. The van der Waals surface area contributed by atoms with Crippen LogP contribution in [0.25, 0.3) is 38.8 Å². The molecular weight excluding hydrogens is 374 g/mol. The van der Waals surface area contributed by atoms with Crippen LogP contribution in [0.1, 0.15) is 5.69 Å². The summed E-state index contributed by atoms with van der Waals surface area (Å²) in [6.07, 6.45) is 0. The minimum absolute atomic E-state index is 0.798. The van der Waals surface area contributed by atoms with Gasteiger partial charge in [-0.3, -0.25) is 0 Å². The Labute approximate surface area is 174 Å². The summed E-state index contributed by atoms with van der Waals surface area (Å²) >= 11 is 0. The smallest absolute Gasteiger partial charge is 0.164 e. The van der Waals surface area contributed by atoms with Gasteiger partial charge in [-0.2, -0.15) is 5.10 Å². The summed E-state index contributed by atoms with van der Waals surface area (Å²) in [6, 6.07) is 24.2. The molecule has 0 saturated carbocycles. The van der Waals surface area contributed by atoms with E-state index in [4.69, 9.17) is 19.6 Å². The molecule has 2 aromatic heterocycles. The van der Waals surface area contributed by atoms with Gasteiger partial charge in [0.05, 0.1) is 36.5 Å². The summed E-state index contributed by atoms with van der Waals surface area (Å²) in [5, 5.41) is 6.91. The number of hydrogen-bond donors (Lipinski definition) is 0. The number of benzene rings is 3. The second-order valence-electron chi connectivity index (χ2n) is 7.13. The monoisotopic (exact) mass is 395 g/mol. The zero-order chi connectivity index (χ0) is 20.7. The number of aryl methyl sites for hydroxylation is 1. The Morgan fingerprint density at radius 2 is 1.50 bits per heavy atom. The normalized spacial score (nSPS) is 11.2. The second kappa shape index (κ2) is 7.19. The zero-order valence-electron chi connectivity index (χ0n) is 17.1. The van der Waals surface area contributed by atoms with Crippen molar-refractivity contribution in [1.82, 2.24) is 14.8 Å². The van der Waals surface area contributed by atoms with Gasteiger partial charge in [-0.25, -0.2) is 9.67 Å². The Balaban J connectivity index is 1.90. The number of aromatic nitrogens is 3. The molecule has 2 heterocycles. The van der Waals surface area contributed by atoms with E-state index in [2.05, 4.69) is 12.1 Å². The van der Waals surface area contributed by atoms with Gasteiger partial charge < -0.3 is 9.47 Å². The molecule has 5 nitrogen and oxygen atoms in total. The van der Waals surface area contributed by atoms with Gasteiger partial charge in [-0.05, 0) is 55.0 Å². The summed E-state index contributed by atoms with van der Waals surface area (Å²) < 4.78 is 12.8. The van der Waals surface area contributed by atoms with E-state index in [0.717, 1.165) is 55.9 Å². The predicted molar refractivity (Wildman–Crippen MR) is 120 cm³/mol. The molecule has 0 spiro atoms. The number of para-hydroxylation sites is 1. The highest BCUT2D eigenvalue weighted by Gasteiger charge is 2.19. The van der Waals surface area contributed by atoms with E-state index in [-0.39, 0.29) is 0 Å². The van der Waals surface area contributed by atoms with Crippen molar-refractivity contribution >= 4 is 21.9 Å². The van der Waals surface area contributed by atoms with Gasteiger partial charge in [0.15, 0.2) is 5.65 Å². The second-order valence-corrected chi connectivity index (χ2v) is 7.13. The molecule has 0 aliphatic carbocycles. The molecule has 0 saturated heterocycles. The molecule has 0 amide bonds. The van der Waals surface area contributed by atoms with Crippen molar-refractivity contribution in [2.24, 2.45) is 0 Å². The topological polar surface area (TPSA) is 49.2 Å². The van der Waals surface area contributed by atoms with Gasteiger partial charge in [0, 0.05) is 10.9 Å². The molecule has 0 aliphatic rings. The molecule has 0 N–H and O–H groups in total. The van der Waals surface area contributed by atoms with Crippen molar-refractivity contribution in [3.63, 3.8) is 0 Å². The number of ether oxygens (including phenoxy) is 2. The highest BCUT2D eigenvalue weighted by Crippen LogP contribution is 2.39. The molecule has 148 valence electrons. The van der Waals surface area contributed by atoms with Crippen molar-refractivity contribution in [3.8, 4) is 28.3 Å². The Kier molecular flexibility index (Phi) is 4.36. The molecule has 0 aliphatic heterocycles. The lowest BCUT2D eigenvalue weighted by Crippen LogP contribution is -1.98. The molecule has 3 aromatic carbocycles. The lowest BCUT2D eigenvalue weighted by Gasteiger charge is -2.12. The van der Waals surface area contributed by atoms with E-state index in [1.807, 2.05) is 72.3 Å². The molecule has 5 rings (SSSR count). The molecule has 0 radical (unpaired) electrons. The largest absolute Gasteiger partial charge is 0.497 e. The highest BCUT2D eigenvalue weighted by atomic mass is 16.5. The van der Waals surface area contributed by atoms with Gasteiger partial charge in [0.25, 0.3) is 0 Å². The van der Waals surface area contributed by atoms with Crippen LogP contribution in [-0.4, -0.2) is 29.0 Å². The summed E-state index contributed by atoms with van der Waals surface area (Å²) in [5.41, 5.74) is 5.82. The number of nitrogens with zero attached hydrogens (tertiary/aromatic N) is 3. The van der Waals surface area contributed by atoms with Crippen LogP contribution in [0.5, 0.6) is 11.5 Å². The molecule has 5 aromatic rings. The van der Waals surface area contributed by atoms with E-state index in [1.54, 1.807) is 14.2 Å². The number of methoxy groups -OCH3 is 2. The van der Waals surface area contributed by atoms with Gasteiger partial charge in [0.1, 0.15) is 11.5 Å². The first-order chi connectivity index (χ1) is 14.7. The Morgan fingerprint density at radius 3 is 2.20 bits per heavy atom. The predicted octanol–water partition coefficient (Wildman–Crippen LogP) is 5.57. The highest BCUT2D eigenvalue weighted by molar-refractivity contribution is 6.10. The maximum Gasteiger partial charge on any atom is 0.164 e. The molecule has 0 bridgehead atoms. The fraction of sp³-hybridized carbons (Fsp3) is 0.120. The van der Waals surface area contributed by atoms with Crippen LogP contribution in [-0.2, 0) is 0 Å². The number of pyridine rings is 1. The van der Waals surface area contributed by atoms with Crippen LogP contribution in [0.15, 0.2) is 72.8 Å². The van der Waals surface area contributed by atoms with Crippen molar-refractivity contribution in [2.75, 3.05) is 14.2 Å². The lowest BCUT2D eigenvalue weighted by atomic mass is 9.97. The SMILES string of the molecule is COc1ccc(-c2c3cc(OC)ccc3nc3c2c(C)nn3-c2ccccc2)cc1. The first kappa shape index (κ1) is 18.2. The molecule has 0 unspecified atom stereocenters. The first-order valence-electron chi connectivity index (χ1n) is 9.76. The minimum atomic E-state index is 0.798. The van der Waals surface area contributed by atoms with Gasteiger partial charge in [-0.15, -0.1) is 0 Å². The van der Waals surface area contributed by atoms with Crippen LogP contribution >= 0.6 is 0 Å². The fourth-order valence-electron chi connectivity index (χ4n) is 3.91. The van der Waals surface area contributed by atoms with Crippen LogP contribution in [0.3, 0.4) is 0 Å². The number of hydrogen-bond acceptors (Lipinski definition) is 4. The Hall–Kier alpha value is -3.86. The quantitative estimate of drug-likeness (QED) is 0.399. The van der Waals surface area contributed by atoms with Crippen LogP contribution in [0.2, 0.25) is 0 Å². The van der Waals surface area contributed by atoms with E-state index in [9.17, 15) is 0 Å². The average molecular weight is 395 g/mol. The summed E-state index contributed by atoms with van der Waals surface area (Å²) in [7, 11) is 3.35. The maximum atomic E-state index is 5.50. The zero-order valence-corrected chi connectivity index (χ0v) is 17.1. The standard InChI is InChI=1S/C25H21N3O2/c1-16-23-24(17-9-11-19(29-2)12-10-17)21-15-20(30-3)13-14-22(21)26-25(23)28(27-16)18-7-5-4-6-8-18/h4-15H,1-3H3. The molecule has 5 heteroatoms. The first-order valence-corrected chi connectivity index (χ1v) is 9.76. The fourth-order valence-corrected chi connectivity index (χ4v) is 3.91. The van der Waals surface area contributed by atoms with Crippen LogP contribution < -0.4 is 9.47 Å². The third-order valence-electron chi connectivity index (χ3n) is 5.36. The van der Waals surface area contributed by atoms with Crippen molar-refractivity contribution in [1.29, 1.82) is 0 Å². The molecule has 0 atom stereocenters. The summed E-state index contributed by atoms with van der Waals surface area (Å²) in [6.45, 7) is 2.03. The average Bonchev–Trinajstić information content (AvgIpc) is 3.14. The molecule has 30 heavy (non-hydrogen) atoms. The lowest BCUT2D eigenvalue weighted by molar-refractivity contribution is 0.415. The van der Waals surface area contributed by atoms with E-state index in [0.29, 0.717) is 0 Å². The number of fused-ring (bicyclic) bond motifs is 2. The summed E-state index contributed by atoms with van der Waals surface area (Å²) in [4.78, 5) is 4.99. The third-order valence-corrected chi connectivity index (χ3v) is 5.36. The van der Waals surface area contributed by atoms with Crippen molar-refractivity contribution < 1.29 is 9.47 Å². The van der Waals surface area contributed by atoms with Gasteiger partial charge >= 0.3 is 0 Å². The van der Waals surface area contributed by atoms with Crippen LogP contribution in [0, 0.1) is 6.92 Å². The van der Waals surface area contributed by atoms with Gasteiger partial charge in [-0.1, -0.05) is 30.3 Å². The van der Waals surface area contributed by atoms with E-state index < -0.39 is 0 Å². The van der Waals surface area contributed by atoms with E-state index in [1.165, 1.54) is 0 Å². The maximum absolute atomic E-state index is 5.50. The number of rotatable bonds is 4. The minimum Gasteiger partial charge on any atom is -0.497 e. The van der Waals surface area contributed by atoms with Crippen molar-refractivity contribution in [2.45, 2.75) is 6.92 Å². The van der Waals surface area contributed by atoms with E-state index >= 15 is 0 Å².